The molecule has 3 saturated heterocycles. The molecular formula is C16H27N3O3. The number of carbonyl (C=O) groups excluding carboxylic acids is 2. The average Bonchev–Trinajstić information content (AvgIpc) is 2.53. The maximum Gasteiger partial charge on any atom is 0.246 e. The SMILES string of the molecule is CC(C)N1CCC(C(=O)N2CC[C@H]3OCC(=O)N[C@H]3C2)CC1. The maximum absolute atomic E-state index is 12.7. The quantitative estimate of drug-likeness (QED) is 0.793. The highest BCUT2D eigenvalue weighted by molar-refractivity contribution is 5.80. The lowest BCUT2D eigenvalue weighted by Gasteiger charge is -2.43. The molecule has 1 N–H and O–H groups in total. The molecule has 22 heavy (non-hydrogen) atoms. The Labute approximate surface area is 132 Å². The average molecular weight is 309 g/mol. The van der Waals surface area contributed by atoms with Crippen molar-refractivity contribution >= 4 is 11.8 Å². The Morgan fingerprint density at radius 1 is 1.23 bits per heavy atom. The largest absolute Gasteiger partial charge is 0.366 e. The van der Waals surface area contributed by atoms with Gasteiger partial charge >= 0.3 is 0 Å². The highest BCUT2D eigenvalue weighted by Crippen LogP contribution is 2.24. The number of hydrogen-bond donors (Lipinski definition) is 1. The Hall–Kier alpha value is -1.14. The summed E-state index contributed by atoms with van der Waals surface area (Å²) in [5.74, 6) is 0.342. The fourth-order valence-corrected chi connectivity index (χ4v) is 3.82. The Balaban J connectivity index is 1.54. The third-order valence-corrected chi connectivity index (χ3v) is 5.25. The van der Waals surface area contributed by atoms with Gasteiger partial charge in [0, 0.05) is 25.0 Å². The summed E-state index contributed by atoms with van der Waals surface area (Å²) in [5, 5.41) is 2.96. The van der Waals surface area contributed by atoms with Gasteiger partial charge in [0.1, 0.15) is 6.61 Å². The molecule has 0 aromatic rings. The number of nitrogens with zero attached hydrogens (tertiary/aromatic N) is 2. The van der Waals surface area contributed by atoms with Crippen LogP contribution in [-0.2, 0) is 14.3 Å². The standard InChI is InChI=1S/C16H27N3O3/c1-11(2)18-6-3-12(4-7-18)16(21)19-8-5-14-13(9-19)17-15(20)10-22-14/h11-14H,3-10H2,1-2H3,(H,17,20)/t13-,14+/m0/s1. The van der Waals surface area contributed by atoms with Crippen molar-refractivity contribution in [2.75, 3.05) is 32.8 Å². The van der Waals surface area contributed by atoms with E-state index in [1.807, 2.05) is 4.90 Å². The highest BCUT2D eigenvalue weighted by atomic mass is 16.5. The maximum atomic E-state index is 12.7. The van der Waals surface area contributed by atoms with Gasteiger partial charge in [-0.1, -0.05) is 0 Å². The Kier molecular flexibility index (Phi) is 4.68. The molecule has 3 rings (SSSR count). The van der Waals surface area contributed by atoms with Crippen LogP contribution in [0.15, 0.2) is 0 Å². The van der Waals surface area contributed by atoms with E-state index >= 15 is 0 Å². The zero-order chi connectivity index (χ0) is 15.7. The van der Waals surface area contributed by atoms with Crippen LogP contribution >= 0.6 is 0 Å². The van der Waals surface area contributed by atoms with Crippen LogP contribution in [0.2, 0.25) is 0 Å². The highest BCUT2D eigenvalue weighted by Gasteiger charge is 2.38. The number of likely N-dealkylation sites (tertiary alicyclic amines) is 2. The Morgan fingerprint density at radius 3 is 2.64 bits per heavy atom. The van der Waals surface area contributed by atoms with Crippen molar-refractivity contribution < 1.29 is 14.3 Å². The van der Waals surface area contributed by atoms with Crippen molar-refractivity contribution in [1.29, 1.82) is 0 Å². The first-order chi connectivity index (χ1) is 10.5. The van der Waals surface area contributed by atoms with Crippen molar-refractivity contribution in [3.63, 3.8) is 0 Å². The van der Waals surface area contributed by atoms with Gasteiger partial charge in [0.25, 0.3) is 0 Å². The molecule has 2 amide bonds. The smallest absolute Gasteiger partial charge is 0.246 e. The lowest BCUT2D eigenvalue weighted by Crippen LogP contribution is -2.61. The van der Waals surface area contributed by atoms with Crippen molar-refractivity contribution in [2.45, 2.75) is 51.3 Å². The van der Waals surface area contributed by atoms with Crippen LogP contribution < -0.4 is 5.32 Å². The summed E-state index contributed by atoms with van der Waals surface area (Å²) in [4.78, 5) is 28.6. The topological polar surface area (TPSA) is 61.9 Å². The van der Waals surface area contributed by atoms with Crippen molar-refractivity contribution in [2.24, 2.45) is 5.92 Å². The first-order valence-electron chi connectivity index (χ1n) is 8.48. The Bertz CT molecular complexity index is 432. The van der Waals surface area contributed by atoms with Gasteiger partial charge in [-0.3, -0.25) is 9.59 Å². The van der Waals surface area contributed by atoms with E-state index < -0.39 is 0 Å². The fourth-order valence-electron chi connectivity index (χ4n) is 3.82. The number of hydrogen-bond acceptors (Lipinski definition) is 4. The van der Waals surface area contributed by atoms with Crippen LogP contribution in [0.4, 0.5) is 0 Å². The number of fused-ring (bicyclic) bond motifs is 1. The van der Waals surface area contributed by atoms with E-state index in [4.69, 9.17) is 4.74 Å². The summed E-state index contributed by atoms with van der Waals surface area (Å²) in [6.45, 7) is 7.93. The third-order valence-electron chi connectivity index (χ3n) is 5.25. The van der Waals surface area contributed by atoms with Crippen LogP contribution in [0.5, 0.6) is 0 Å². The summed E-state index contributed by atoms with van der Waals surface area (Å²) in [7, 11) is 0. The van der Waals surface area contributed by atoms with Gasteiger partial charge in [-0.2, -0.15) is 0 Å². The van der Waals surface area contributed by atoms with Crippen LogP contribution in [0.1, 0.15) is 33.1 Å². The number of amides is 2. The van der Waals surface area contributed by atoms with Crippen molar-refractivity contribution in [1.82, 2.24) is 15.1 Å². The van der Waals surface area contributed by atoms with Crippen LogP contribution in [0.3, 0.4) is 0 Å². The number of morpholine rings is 1. The summed E-state index contributed by atoms with van der Waals surface area (Å²) >= 11 is 0. The molecule has 2 atom stereocenters. The van der Waals surface area contributed by atoms with E-state index in [0.717, 1.165) is 38.9 Å². The second-order valence-electron chi connectivity index (χ2n) is 7.00. The molecule has 0 spiro atoms. The molecule has 3 aliphatic rings. The molecule has 6 nitrogen and oxygen atoms in total. The molecule has 124 valence electrons. The first kappa shape index (κ1) is 15.7. The second-order valence-corrected chi connectivity index (χ2v) is 7.00. The van der Waals surface area contributed by atoms with Gasteiger partial charge in [0.15, 0.2) is 0 Å². The molecule has 6 heteroatoms. The molecule has 0 unspecified atom stereocenters. The molecule has 0 aromatic carbocycles. The van der Waals surface area contributed by atoms with Crippen LogP contribution in [0.25, 0.3) is 0 Å². The number of rotatable bonds is 2. The van der Waals surface area contributed by atoms with Gasteiger partial charge in [-0.25, -0.2) is 0 Å². The molecular weight excluding hydrogens is 282 g/mol. The van der Waals surface area contributed by atoms with Crippen molar-refractivity contribution in [3.05, 3.63) is 0 Å². The number of carbonyl (C=O) groups is 2. The van der Waals surface area contributed by atoms with E-state index in [-0.39, 0.29) is 36.5 Å². The molecule has 3 heterocycles. The van der Waals surface area contributed by atoms with Gasteiger partial charge in [-0.15, -0.1) is 0 Å². The van der Waals surface area contributed by atoms with Gasteiger partial charge in [0.05, 0.1) is 12.1 Å². The van der Waals surface area contributed by atoms with Gasteiger partial charge in [-0.05, 0) is 46.2 Å². The molecule has 3 aliphatic heterocycles. The predicted octanol–water partition coefficient (Wildman–Crippen LogP) is 0.223. The molecule has 0 saturated carbocycles. The second kappa shape index (κ2) is 6.54. The molecule has 0 aromatic heterocycles. The van der Waals surface area contributed by atoms with Gasteiger partial charge < -0.3 is 19.9 Å². The van der Waals surface area contributed by atoms with E-state index in [0.29, 0.717) is 12.6 Å². The molecule has 0 radical (unpaired) electrons. The zero-order valence-electron chi connectivity index (χ0n) is 13.6. The predicted molar refractivity (Wildman–Crippen MR) is 82.3 cm³/mol. The van der Waals surface area contributed by atoms with Gasteiger partial charge in [0.2, 0.25) is 11.8 Å². The monoisotopic (exact) mass is 309 g/mol. The van der Waals surface area contributed by atoms with E-state index in [1.165, 1.54) is 0 Å². The lowest BCUT2D eigenvalue weighted by atomic mass is 9.92. The molecule has 0 bridgehead atoms. The Morgan fingerprint density at radius 2 is 1.95 bits per heavy atom. The number of piperidine rings is 2. The zero-order valence-corrected chi connectivity index (χ0v) is 13.6. The normalized spacial score (nSPS) is 31.0. The summed E-state index contributed by atoms with van der Waals surface area (Å²) in [6.07, 6.45) is 2.79. The third kappa shape index (κ3) is 3.27. The number of nitrogens with one attached hydrogen (secondary N) is 1. The minimum atomic E-state index is -0.0687. The molecule has 0 aliphatic carbocycles. The summed E-state index contributed by atoms with van der Waals surface area (Å²) in [5.41, 5.74) is 0. The fraction of sp³-hybridized carbons (Fsp3) is 0.875. The minimum absolute atomic E-state index is 0.0327. The van der Waals surface area contributed by atoms with Crippen LogP contribution in [-0.4, -0.2) is 72.6 Å². The van der Waals surface area contributed by atoms with Crippen LogP contribution in [0, 0.1) is 5.92 Å². The van der Waals surface area contributed by atoms with Crippen molar-refractivity contribution in [3.8, 4) is 0 Å². The lowest BCUT2D eigenvalue weighted by molar-refractivity contribution is -0.149. The first-order valence-corrected chi connectivity index (χ1v) is 8.48. The number of ether oxygens (including phenoxy) is 1. The molecule has 3 fully saturated rings. The van der Waals surface area contributed by atoms with E-state index in [1.54, 1.807) is 0 Å². The van der Waals surface area contributed by atoms with E-state index in [9.17, 15) is 9.59 Å². The van der Waals surface area contributed by atoms with E-state index in [2.05, 4.69) is 24.1 Å². The summed E-state index contributed by atoms with van der Waals surface area (Å²) in [6, 6.07) is 0.524. The minimum Gasteiger partial charge on any atom is -0.366 e. The summed E-state index contributed by atoms with van der Waals surface area (Å²) < 4.78 is 5.55.